The van der Waals surface area contributed by atoms with Crippen LogP contribution in [0.2, 0.25) is 0 Å². The van der Waals surface area contributed by atoms with Gasteiger partial charge in [0, 0.05) is 24.0 Å². The highest BCUT2D eigenvalue weighted by atomic mass is 19.1. The van der Waals surface area contributed by atoms with Crippen molar-refractivity contribution in [3.63, 3.8) is 0 Å². The van der Waals surface area contributed by atoms with Crippen LogP contribution >= 0.6 is 0 Å². The van der Waals surface area contributed by atoms with Gasteiger partial charge in [0.2, 0.25) is 5.43 Å². The van der Waals surface area contributed by atoms with Gasteiger partial charge in [-0.3, -0.25) is 9.59 Å². The van der Waals surface area contributed by atoms with E-state index in [0.29, 0.717) is 11.4 Å². The summed E-state index contributed by atoms with van der Waals surface area (Å²) in [6, 6.07) is 12.5. The first-order valence-electron chi connectivity index (χ1n) is 8.35. The predicted octanol–water partition coefficient (Wildman–Crippen LogP) is 3.49. The fourth-order valence-electron chi connectivity index (χ4n) is 2.76. The summed E-state index contributed by atoms with van der Waals surface area (Å²) in [5, 5.41) is 4.11. The molecule has 5 nitrogen and oxygen atoms in total. The molecule has 27 heavy (non-hydrogen) atoms. The van der Waals surface area contributed by atoms with E-state index in [1.807, 2.05) is 0 Å². The van der Waals surface area contributed by atoms with Gasteiger partial charge < -0.3 is 4.90 Å². The molecule has 0 radical (unpaired) electrons. The molecule has 0 saturated carbocycles. The maximum atomic E-state index is 14.1. The van der Waals surface area contributed by atoms with Crippen LogP contribution in [-0.4, -0.2) is 22.2 Å². The standard InChI is InChI=1S/C20H17F2N3O2/c1-3-24(15-10-8-14(21)9-11-15)20(27)19-18(26)12-13(2)25(23-19)17-7-5-4-6-16(17)22/h4-12H,3H2,1-2H3. The van der Waals surface area contributed by atoms with Gasteiger partial charge in [0.15, 0.2) is 5.69 Å². The number of aromatic nitrogens is 2. The minimum Gasteiger partial charge on any atom is -0.307 e. The maximum absolute atomic E-state index is 14.1. The van der Waals surface area contributed by atoms with Crippen molar-refractivity contribution in [1.82, 2.24) is 9.78 Å². The van der Waals surface area contributed by atoms with Gasteiger partial charge in [-0.25, -0.2) is 13.5 Å². The molecule has 2 aromatic carbocycles. The van der Waals surface area contributed by atoms with E-state index in [0.717, 1.165) is 0 Å². The number of para-hydroxylation sites is 1. The Hall–Kier alpha value is -3.35. The number of nitrogens with zero attached hydrogens (tertiary/aromatic N) is 3. The molecule has 0 bridgehead atoms. The molecule has 0 fully saturated rings. The lowest BCUT2D eigenvalue weighted by molar-refractivity contribution is 0.0980. The molecular weight excluding hydrogens is 352 g/mol. The number of aryl methyl sites for hydroxylation is 1. The highest BCUT2D eigenvalue weighted by Gasteiger charge is 2.22. The van der Waals surface area contributed by atoms with Gasteiger partial charge in [-0.05, 0) is 50.2 Å². The summed E-state index contributed by atoms with van der Waals surface area (Å²) in [5.74, 6) is -1.60. The van der Waals surface area contributed by atoms with Gasteiger partial charge in [-0.15, -0.1) is 0 Å². The Morgan fingerprint density at radius 3 is 2.41 bits per heavy atom. The largest absolute Gasteiger partial charge is 0.307 e. The Balaban J connectivity index is 2.09. The van der Waals surface area contributed by atoms with E-state index in [2.05, 4.69) is 5.10 Å². The van der Waals surface area contributed by atoms with Crippen LogP contribution in [0.15, 0.2) is 59.4 Å². The number of rotatable bonds is 4. The van der Waals surface area contributed by atoms with Crippen molar-refractivity contribution in [3.05, 3.63) is 87.8 Å². The molecule has 1 heterocycles. The Kier molecular flexibility index (Phi) is 5.12. The fourth-order valence-corrected chi connectivity index (χ4v) is 2.76. The van der Waals surface area contributed by atoms with Crippen LogP contribution in [0.1, 0.15) is 23.1 Å². The average Bonchev–Trinajstić information content (AvgIpc) is 2.65. The summed E-state index contributed by atoms with van der Waals surface area (Å²) in [6.45, 7) is 3.58. The molecular formula is C20H17F2N3O2. The molecule has 3 rings (SSSR count). The fraction of sp³-hybridized carbons (Fsp3) is 0.150. The normalized spacial score (nSPS) is 10.7. The lowest BCUT2D eigenvalue weighted by Crippen LogP contribution is -2.36. The molecule has 0 atom stereocenters. The molecule has 0 N–H and O–H groups in total. The van der Waals surface area contributed by atoms with Gasteiger partial charge in [-0.2, -0.15) is 5.10 Å². The lowest BCUT2D eigenvalue weighted by Gasteiger charge is -2.21. The minimum absolute atomic E-state index is 0.133. The smallest absolute Gasteiger partial charge is 0.282 e. The lowest BCUT2D eigenvalue weighted by atomic mass is 10.2. The molecule has 0 unspecified atom stereocenters. The summed E-state index contributed by atoms with van der Waals surface area (Å²) in [5.41, 5.74) is 0.0594. The highest BCUT2D eigenvalue weighted by Crippen LogP contribution is 2.17. The Morgan fingerprint density at radius 1 is 1.11 bits per heavy atom. The number of carbonyl (C=O) groups excluding carboxylic acids is 1. The first-order chi connectivity index (χ1) is 12.9. The monoisotopic (exact) mass is 369 g/mol. The third kappa shape index (κ3) is 3.62. The number of halogens is 2. The number of carbonyl (C=O) groups is 1. The summed E-state index contributed by atoms with van der Waals surface area (Å²) in [6.07, 6.45) is 0. The van der Waals surface area contributed by atoms with Crippen LogP contribution < -0.4 is 10.3 Å². The third-order valence-electron chi connectivity index (χ3n) is 4.09. The second-order valence-corrected chi connectivity index (χ2v) is 5.89. The zero-order valence-electron chi connectivity index (χ0n) is 14.8. The van der Waals surface area contributed by atoms with Crippen LogP contribution in [0, 0.1) is 18.6 Å². The third-order valence-corrected chi connectivity index (χ3v) is 4.09. The second kappa shape index (κ2) is 7.49. The molecule has 7 heteroatoms. The number of hydrogen-bond donors (Lipinski definition) is 0. The molecule has 0 aliphatic rings. The van der Waals surface area contributed by atoms with Crippen LogP contribution in [-0.2, 0) is 0 Å². The molecule has 1 aromatic heterocycles. The van der Waals surface area contributed by atoms with E-state index in [1.54, 1.807) is 19.9 Å². The van der Waals surface area contributed by atoms with Crippen molar-refractivity contribution in [3.8, 4) is 5.69 Å². The summed E-state index contributed by atoms with van der Waals surface area (Å²) in [4.78, 5) is 26.6. The predicted molar refractivity (Wildman–Crippen MR) is 98.3 cm³/mol. The Morgan fingerprint density at radius 2 is 1.78 bits per heavy atom. The van der Waals surface area contributed by atoms with Crippen LogP contribution in [0.25, 0.3) is 5.69 Å². The zero-order valence-corrected chi connectivity index (χ0v) is 14.8. The van der Waals surface area contributed by atoms with E-state index in [9.17, 15) is 18.4 Å². The summed E-state index contributed by atoms with van der Waals surface area (Å²) in [7, 11) is 0. The first kappa shape index (κ1) is 18.4. The van der Waals surface area contributed by atoms with E-state index in [-0.39, 0.29) is 17.9 Å². The van der Waals surface area contributed by atoms with Crippen molar-refractivity contribution in [2.75, 3.05) is 11.4 Å². The van der Waals surface area contributed by atoms with Crippen molar-refractivity contribution in [2.45, 2.75) is 13.8 Å². The van der Waals surface area contributed by atoms with Crippen LogP contribution in [0.3, 0.4) is 0 Å². The average molecular weight is 369 g/mol. The van der Waals surface area contributed by atoms with Gasteiger partial charge in [0.1, 0.15) is 17.3 Å². The number of amides is 1. The van der Waals surface area contributed by atoms with Crippen molar-refractivity contribution in [1.29, 1.82) is 0 Å². The van der Waals surface area contributed by atoms with Gasteiger partial charge in [0.05, 0.1) is 0 Å². The summed E-state index contributed by atoms with van der Waals surface area (Å²) < 4.78 is 28.5. The van der Waals surface area contributed by atoms with Crippen LogP contribution in [0.4, 0.5) is 14.5 Å². The molecule has 1 amide bonds. The number of benzene rings is 2. The topological polar surface area (TPSA) is 55.2 Å². The number of hydrogen-bond acceptors (Lipinski definition) is 3. The zero-order chi connectivity index (χ0) is 19.6. The maximum Gasteiger partial charge on any atom is 0.282 e. The van der Waals surface area contributed by atoms with Gasteiger partial charge >= 0.3 is 0 Å². The van der Waals surface area contributed by atoms with Crippen molar-refractivity contribution >= 4 is 11.6 Å². The Bertz CT molecular complexity index is 1050. The number of anilines is 1. The SMILES string of the molecule is CCN(C(=O)c1nn(-c2ccccc2F)c(C)cc1=O)c1ccc(F)cc1. The van der Waals surface area contributed by atoms with E-state index in [1.165, 1.54) is 58.1 Å². The van der Waals surface area contributed by atoms with Crippen LogP contribution in [0.5, 0.6) is 0 Å². The minimum atomic E-state index is -0.640. The highest BCUT2D eigenvalue weighted by molar-refractivity contribution is 6.04. The molecule has 0 saturated heterocycles. The first-order valence-corrected chi connectivity index (χ1v) is 8.35. The quantitative estimate of drug-likeness (QED) is 0.707. The van der Waals surface area contributed by atoms with Crippen molar-refractivity contribution in [2.24, 2.45) is 0 Å². The van der Waals surface area contributed by atoms with E-state index >= 15 is 0 Å². The molecule has 138 valence electrons. The van der Waals surface area contributed by atoms with Gasteiger partial charge in [-0.1, -0.05) is 12.1 Å². The van der Waals surface area contributed by atoms with E-state index in [4.69, 9.17) is 0 Å². The van der Waals surface area contributed by atoms with Gasteiger partial charge in [0.25, 0.3) is 5.91 Å². The molecule has 3 aromatic rings. The Labute approximate surface area is 154 Å². The summed E-state index contributed by atoms with van der Waals surface area (Å²) >= 11 is 0. The second-order valence-electron chi connectivity index (χ2n) is 5.89. The van der Waals surface area contributed by atoms with E-state index < -0.39 is 23.0 Å². The molecule has 0 aliphatic carbocycles. The van der Waals surface area contributed by atoms with Crippen molar-refractivity contribution < 1.29 is 13.6 Å². The molecule has 0 spiro atoms. The molecule has 0 aliphatic heterocycles.